The summed E-state index contributed by atoms with van der Waals surface area (Å²) in [6.07, 6.45) is 0.971. The van der Waals surface area contributed by atoms with Gasteiger partial charge in [0.2, 0.25) is 0 Å². The normalized spacial score (nSPS) is 10.9. The van der Waals surface area contributed by atoms with Gasteiger partial charge in [-0.3, -0.25) is 0 Å². The Bertz CT molecular complexity index is 695. The summed E-state index contributed by atoms with van der Waals surface area (Å²) in [6, 6.07) is 15.4. The maximum Gasteiger partial charge on any atom is 0.138 e. The van der Waals surface area contributed by atoms with Crippen molar-refractivity contribution in [3.63, 3.8) is 0 Å². The molecule has 0 aliphatic rings. The van der Waals surface area contributed by atoms with E-state index in [1.54, 1.807) is 12.1 Å². The molecule has 3 aromatic rings. The summed E-state index contributed by atoms with van der Waals surface area (Å²) in [7, 11) is 0. The van der Waals surface area contributed by atoms with Gasteiger partial charge in [0.15, 0.2) is 0 Å². The van der Waals surface area contributed by atoms with E-state index in [1.807, 2.05) is 24.3 Å². The van der Waals surface area contributed by atoms with Crippen molar-refractivity contribution in [1.82, 2.24) is 0 Å². The van der Waals surface area contributed by atoms with Gasteiger partial charge in [0.25, 0.3) is 0 Å². The van der Waals surface area contributed by atoms with Crippen LogP contribution in [0.15, 0.2) is 52.9 Å². The van der Waals surface area contributed by atoms with E-state index in [9.17, 15) is 5.11 Å². The van der Waals surface area contributed by atoms with Gasteiger partial charge in [0.1, 0.15) is 17.1 Å². The molecule has 0 atom stereocenters. The number of fused-ring (bicyclic) bond motifs is 1. The van der Waals surface area contributed by atoms with E-state index in [1.165, 1.54) is 5.56 Å². The Hall–Kier alpha value is -2.22. The third-order valence-corrected chi connectivity index (χ3v) is 3.17. The molecule has 0 unspecified atom stereocenters. The fourth-order valence-corrected chi connectivity index (χ4v) is 2.22. The lowest BCUT2D eigenvalue weighted by Crippen LogP contribution is -1.84. The summed E-state index contributed by atoms with van der Waals surface area (Å²) in [5.74, 6) is 1.08. The van der Waals surface area contributed by atoms with Crippen LogP contribution in [0.1, 0.15) is 12.5 Å². The Kier molecular flexibility index (Phi) is 2.56. The van der Waals surface area contributed by atoms with Crippen molar-refractivity contribution in [2.45, 2.75) is 13.3 Å². The summed E-state index contributed by atoms with van der Waals surface area (Å²) in [5.41, 5.74) is 3.10. The highest BCUT2D eigenvalue weighted by Crippen LogP contribution is 2.31. The molecule has 2 nitrogen and oxygen atoms in total. The van der Waals surface area contributed by atoms with E-state index in [-0.39, 0.29) is 5.75 Å². The number of hydrogen-bond donors (Lipinski definition) is 1. The molecule has 90 valence electrons. The van der Waals surface area contributed by atoms with Gasteiger partial charge in [-0.2, -0.15) is 0 Å². The summed E-state index contributed by atoms with van der Waals surface area (Å²) in [5, 5.41) is 10.5. The number of aryl methyl sites for hydroxylation is 1. The monoisotopic (exact) mass is 238 g/mol. The van der Waals surface area contributed by atoms with E-state index < -0.39 is 0 Å². The lowest BCUT2D eigenvalue weighted by molar-refractivity contribution is 0.474. The zero-order valence-electron chi connectivity index (χ0n) is 10.2. The summed E-state index contributed by atoms with van der Waals surface area (Å²) in [4.78, 5) is 0. The summed E-state index contributed by atoms with van der Waals surface area (Å²) < 4.78 is 5.82. The van der Waals surface area contributed by atoms with Crippen LogP contribution in [0.5, 0.6) is 5.75 Å². The predicted octanol–water partition coefficient (Wildman–Crippen LogP) is 4.37. The van der Waals surface area contributed by atoms with Gasteiger partial charge in [-0.25, -0.2) is 0 Å². The molecule has 0 amide bonds. The van der Waals surface area contributed by atoms with Crippen LogP contribution >= 0.6 is 0 Å². The van der Waals surface area contributed by atoms with Crippen molar-refractivity contribution < 1.29 is 9.52 Å². The predicted molar refractivity (Wildman–Crippen MR) is 72.7 cm³/mol. The van der Waals surface area contributed by atoms with Crippen molar-refractivity contribution in [3.8, 4) is 17.1 Å². The van der Waals surface area contributed by atoms with Gasteiger partial charge in [-0.1, -0.05) is 31.2 Å². The zero-order chi connectivity index (χ0) is 12.5. The van der Waals surface area contributed by atoms with Gasteiger partial charge < -0.3 is 9.52 Å². The number of phenols is 1. The Morgan fingerprint density at radius 3 is 2.72 bits per heavy atom. The third kappa shape index (κ3) is 1.76. The second kappa shape index (κ2) is 4.22. The van der Waals surface area contributed by atoms with Gasteiger partial charge in [0, 0.05) is 17.0 Å². The summed E-state index contributed by atoms with van der Waals surface area (Å²) >= 11 is 0. The molecule has 2 aromatic carbocycles. The Morgan fingerprint density at radius 1 is 1.06 bits per heavy atom. The van der Waals surface area contributed by atoms with E-state index in [2.05, 4.69) is 19.1 Å². The Labute approximate surface area is 105 Å². The molecule has 1 aromatic heterocycles. The van der Waals surface area contributed by atoms with Crippen LogP contribution in [0.2, 0.25) is 0 Å². The van der Waals surface area contributed by atoms with Crippen LogP contribution in [0.3, 0.4) is 0 Å². The van der Waals surface area contributed by atoms with Gasteiger partial charge in [-0.15, -0.1) is 0 Å². The number of aromatic hydroxyl groups is 1. The topological polar surface area (TPSA) is 33.4 Å². The van der Waals surface area contributed by atoms with Gasteiger partial charge >= 0.3 is 0 Å². The molecular weight excluding hydrogens is 224 g/mol. The first-order valence-electron chi connectivity index (χ1n) is 6.09. The maximum atomic E-state index is 9.45. The molecule has 3 rings (SSSR count). The number of rotatable bonds is 2. The first-order chi connectivity index (χ1) is 8.78. The number of furan rings is 1. The van der Waals surface area contributed by atoms with Crippen molar-refractivity contribution in [1.29, 1.82) is 0 Å². The Morgan fingerprint density at radius 2 is 1.89 bits per heavy atom. The van der Waals surface area contributed by atoms with Crippen LogP contribution in [-0.4, -0.2) is 5.11 Å². The van der Waals surface area contributed by atoms with Crippen LogP contribution in [0.4, 0.5) is 0 Å². The molecule has 0 aliphatic carbocycles. The van der Waals surface area contributed by atoms with Crippen molar-refractivity contribution >= 4 is 11.0 Å². The van der Waals surface area contributed by atoms with E-state index >= 15 is 0 Å². The molecule has 2 heteroatoms. The number of benzene rings is 2. The van der Waals surface area contributed by atoms with Crippen LogP contribution in [0.25, 0.3) is 22.3 Å². The highest BCUT2D eigenvalue weighted by molar-refractivity contribution is 5.84. The lowest BCUT2D eigenvalue weighted by atomic mass is 10.0. The van der Waals surface area contributed by atoms with Crippen molar-refractivity contribution in [3.05, 3.63) is 54.1 Å². The third-order valence-electron chi connectivity index (χ3n) is 3.17. The lowest BCUT2D eigenvalue weighted by Gasteiger charge is -2.03. The van der Waals surface area contributed by atoms with Crippen LogP contribution in [-0.2, 0) is 6.42 Å². The summed E-state index contributed by atoms with van der Waals surface area (Å²) in [6.45, 7) is 2.13. The maximum absolute atomic E-state index is 9.45. The molecule has 0 spiro atoms. The van der Waals surface area contributed by atoms with Gasteiger partial charge in [-0.05, 0) is 30.2 Å². The van der Waals surface area contributed by atoms with E-state index in [0.29, 0.717) is 0 Å². The second-order valence-corrected chi connectivity index (χ2v) is 4.34. The minimum absolute atomic E-state index is 0.229. The van der Waals surface area contributed by atoms with Gasteiger partial charge in [0.05, 0.1) is 0 Å². The first kappa shape index (κ1) is 10.9. The molecule has 18 heavy (non-hydrogen) atoms. The SMILES string of the molecule is CCc1ccccc1-c1cc2ccc(O)cc2o1. The highest BCUT2D eigenvalue weighted by Gasteiger charge is 2.09. The van der Waals surface area contributed by atoms with Crippen LogP contribution in [0, 0.1) is 0 Å². The van der Waals surface area contributed by atoms with Crippen LogP contribution < -0.4 is 0 Å². The highest BCUT2D eigenvalue weighted by atomic mass is 16.3. The molecule has 0 saturated heterocycles. The second-order valence-electron chi connectivity index (χ2n) is 4.34. The minimum Gasteiger partial charge on any atom is -0.508 e. The molecule has 0 bridgehead atoms. The van der Waals surface area contributed by atoms with Crippen molar-refractivity contribution in [2.75, 3.05) is 0 Å². The molecular formula is C16H14O2. The average molecular weight is 238 g/mol. The van der Waals surface area contributed by atoms with E-state index in [4.69, 9.17) is 4.42 Å². The minimum atomic E-state index is 0.229. The largest absolute Gasteiger partial charge is 0.508 e. The molecule has 0 saturated carbocycles. The molecule has 1 N–H and O–H groups in total. The fraction of sp³-hybridized carbons (Fsp3) is 0.125. The molecule has 0 fully saturated rings. The quantitative estimate of drug-likeness (QED) is 0.719. The zero-order valence-corrected chi connectivity index (χ0v) is 10.2. The smallest absolute Gasteiger partial charge is 0.138 e. The molecule has 0 radical (unpaired) electrons. The average Bonchev–Trinajstić information content (AvgIpc) is 2.81. The van der Waals surface area contributed by atoms with Crippen molar-refractivity contribution in [2.24, 2.45) is 0 Å². The van der Waals surface area contributed by atoms with E-state index in [0.717, 1.165) is 28.7 Å². The Balaban J connectivity index is 2.19. The molecule has 1 heterocycles. The molecule has 0 aliphatic heterocycles. The number of hydrogen-bond acceptors (Lipinski definition) is 2. The standard InChI is InChI=1S/C16H14O2/c1-2-11-5-3-4-6-14(11)16-9-12-7-8-13(17)10-15(12)18-16/h3-10,17H,2H2,1H3. The first-order valence-corrected chi connectivity index (χ1v) is 6.09. The fourth-order valence-electron chi connectivity index (χ4n) is 2.22. The number of phenolic OH excluding ortho intramolecular Hbond substituents is 1.